The van der Waals surface area contributed by atoms with E-state index in [-0.39, 0.29) is 55.0 Å². The maximum atomic E-state index is 9.33. The summed E-state index contributed by atoms with van der Waals surface area (Å²) in [6.07, 6.45) is 5.78. The summed E-state index contributed by atoms with van der Waals surface area (Å²) in [6.45, 7) is 20.1. The normalized spacial score (nSPS) is 13.2. The standard InChI is InChI=1S/C72H60N4O.Pt/c1-70(2,3)49-32-30-47(31-33-49)61-40-51(72(7,8)9)41-63-58-27-16-14-25-56(58)55-24-13-15-26-57(55)62-38-48(46-20-11-10-12-21-46)39-66-69(62)75(68(61)63)45-74(66)52-22-19-23-53(43-52)77-54-34-35-60-59-28-17-18-29-64(59)76(65(60)44-54)67-42-50(36-37-73-67)71(4,5)6;/h10-42H,1-9H3;/q-2;/i10D,11D,12D,20D,21D;. The van der Waals surface area contributed by atoms with Gasteiger partial charge < -0.3 is 13.9 Å². The van der Waals surface area contributed by atoms with Crippen LogP contribution in [0.5, 0.6) is 11.5 Å². The van der Waals surface area contributed by atoms with Crippen molar-refractivity contribution >= 4 is 32.8 Å². The van der Waals surface area contributed by atoms with E-state index in [9.17, 15) is 2.74 Å². The van der Waals surface area contributed by atoms with Crippen LogP contribution in [0.25, 0.3) is 106 Å². The van der Waals surface area contributed by atoms with Crippen LogP contribution in [0.3, 0.4) is 0 Å². The zero-order chi connectivity index (χ0) is 57.3. The van der Waals surface area contributed by atoms with Crippen LogP contribution < -0.4 is 9.30 Å². The molecule has 0 fully saturated rings. The predicted molar refractivity (Wildman–Crippen MR) is 317 cm³/mol. The number of ether oxygens (including phenoxy) is 1. The average Bonchev–Trinajstić information content (AvgIpc) is 4.04. The third-order valence-electron chi connectivity index (χ3n) is 15.1. The topological polar surface area (TPSA) is 35.9 Å². The Labute approximate surface area is 479 Å². The molecule has 3 aromatic heterocycles. The van der Waals surface area contributed by atoms with Crippen molar-refractivity contribution in [1.29, 1.82) is 0 Å². The first-order valence-electron chi connectivity index (χ1n) is 28.9. The molecular weight excluding hydrogens is 1130 g/mol. The first-order chi connectivity index (χ1) is 39.1. The number of hydrogen-bond donors (Lipinski definition) is 0. The van der Waals surface area contributed by atoms with E-state index in [2.05, 4.69) is 199 Å². The maximum absolute atomic E-state index is 9.33. The maximum Gasteiger partial charge on any atom is 0.268 e. The van der Waals surface area contributed by atoms with Crippen molar-refractivity contribution < 1.29 is 37.2 Å². The van der Waals surface area contributed by atoms with Crippen molar-refractivity contribution in [3.05, 3.63) is 235 Å². The minimum absolute atomic E-state index is 0. The molecule has 0 unspecified atom stereocenters. The van der Waals surface area contributed by atoms with Gasteiger partial charge in [-0.2, -0.15) is 18.2 Å². The van der Waals surface area contributed by atoms with Crippen molar-refractivity contribution in [2.75, 3.05) is 0 Å². The van der Waals surface area contributed by atoms with Gasteiger partial charge in [0.05, 0.1) is 23.6 Å². The number of rotatable bonds is 6. The summed E-state index contributed by atoms with van der Waals surface area (Å²) >= 11 is 0. The summed E-state index contributed by atoms with van der Waals surface area (Å²) in [5.74, 6) is 1.71. The Hall–Kier alpha value is -8.11. The Morgan fingerprint density at radius 1 is 0.487 bits per heavy atom. The molecule has 0 saturated heterocycles. The van der Waals surface area contributed by atoms with Gasteiger partial charge >= 0.3 is 0 Å². The average molecular weight is 1200 g/mol. The molecule has 4 heterocycles. The molecule has 13 rings (SSSR count). The minimum Gasteiger partial charge on any atom is -0.510 e. The second kappa shape index (κ2) is 19.1. The van der Waals surface area contributed by atoms with Gasteiger partial charge in [-0.15, -0.1) is 29.7 Å². The molecule has 0 saturated carbocycles. The third kappa shape index (κ3) is 8.79. The van der Waals surface area contributed by atoms with Crippen LogP contribution in [-0.4, -0.2) is 14.1 Å². The van der Waals surface area contributed by atoms with Gasteiger partial charge in [0.25, 0.3) is 6.33 Å². The number of para-hydroxylation sites is 1. The molecule has 1 aliphatic rings. The summed E-state index contributed by atoms with van der Waals surface area (Å²) in [7, 11) is 0. The van der Waals surface area contributed by atoms with E-state index in [1.165, 1.54) is 16.7 Å². The fourth-order valence-electron chi connectivity index (χ4n) is 11.0. The van der Waals surface area contributed by atoms with Crippen LogP contribution in [-0.2, 0) is 37.3 Å². The molecule has 9 aromatic carbocycles. The van der Waals surface area contributed by atoms with Gasteiger partial charge in [-0.05, 0) is 124 Å². The van der Waals surface area contributed by atoms with E-state index in [4.69, 9.17) is 13.8 Å². The summed E-state index contributed by atoms with van der Waals surface area (Å²) in [4.78, 5) is 4.89. The Kier molecular flexibility index (Phi) is 11.0. The van der Waals surface area contributed by atoms with Crippen molar-refractivity contribution in [3.8, 4) is 84.3 Å². The smallest absolute Gasteiger partial charge is 0.268 e. The molecule has 0 spiro atoms. The number of fused-ring (bicyclic) bond motifs is 10. The zero-order valence-electron chi connectivity index (χ0n) is 50.2. The monoisotopic (exact) mass is 1200 g/mol. The van der Waals surface area contributed by atoms with Crippen LogP contribution in [0.2, 0.25) is 0 Å². The van der Waals surface area contributed by atoms with Gasteiger partial charge in [0, 0.05) is 44.3 Å². The Morgan fingerprint density at radius 3 is 1.81 bits per heavy atom. The Morgan fingerprint density at radius 2 is 1.12 bits per heavy atom. The van der Waals surface area contributed by atoms with Crippen LogP contribution >= 0.6 is 0 Å². The van der Waals surface area contributed by atoms with E-state index in [0.717, 1.165) is 83.3 Å². The van der Waals surface area contributed by atoms with E-state index in [1.54, 1.807) is 0 Å². The van der Waals surface area contributed by atoms with E-state index < -0.39 is 18.1 Å². The molecule has 386 valence electrons. The minimum atomic E-state index is -0.451. The van der Waals surface area contributed by atoms with E-state index in [1.807, 2.05) is 65.4 Å². The molecule has 0 aliphatic carbocycles. The quantitative estimate of drug-likeness (QED) is 0.123. The second-order valence-electron chi connectivity index (χ2n) is 23.3. The van der Waals surface area contributed by atoms with E-state index in [0.29, 0.717) is 28.3 Å². The van der Waals surface area contributed by atoms with Gasteiger partial charge in [-0.1, -0.05) is 207 Å². The van der Waals surface area contributed by atoms with Crippen molar-refractivity contribution in [2.24, 2.45) is 0 Å². The molecule has 0 radical (unpaired) electrons. The van der Waals surface area contributed by atoms with Crippen LogP contribution in [0.1, 0.15) is 85.9 Å². The molecule has 6 heteroatoms. The van der Waals surface area contributed by atoms with Crippen LogP contribution in [0.15, 0.2) is 200 Å². The van der Waals surface area contributed by atoms with Gasteiger partial charge in [-0.3, -0.25) is 4.57 Å². The molecular formula is C72H60N4OPt-2. The summed E-state index contributed by atoms with van der Waals surface area (Å²) in [5, 5.41) is 2.10. The van der Waals surface area contributed by atoms with Crippen LogP contribution in [0, 0.1) is 18.5 Å². The molecule has 0 amide bonds. The fraction of sp³-hybridized carbons (Fsp3) is 0.167. The van der Waals surface area contributed by atoms with Gasteiger partial charge in [0.15, 0.2) is 0 Å². The number of hydrogen-bond acceptors (Lipinski definition) is 2. The van der Waals surface area contributed by atoms with Crippen molar-refractivity contribution in [2.45, 2.75) is 78.6 Å². The molecule has 12 aromatic rings. The van der Waals surface area contributed by atoms with Gasteiger partial charge in [0.1, 0.15) is 5.82 Å². The predicted octanol–water partition coefficient (Wildman–Crippen LogP) is 18.1. The zero-order valence-corrected chi connectivity index (χ0v) is 47.5. The SMILES string of the molecule is [2H]c1c([2H])c([2H])c(-c2cc3c4c(c2)n(-c2[c-]c(Oc5[c-]c6c(cc5)c5ccccc5n6-c5cc(C(C)(C)C)ccn5)ccc2)[c-][n+]4-c2c(-c4ccc(C(C)(C)C)cc4)cc(C(C)(C)C)cc2-c2ccccc2-c2ccccc2-3)c([2H])c1[2H].[Pt]. The number of nitrogens with zero attached hydrogens (tertiary/aromatic N) is 4. The largest absolute Gasteiger partial charge is 0.510 e. The van der Waals surface area contributed by atoms with Crippen LogP contribution in [0.4, 0.5) is 0 Å². The van der Waals surface area contributed by atoms with Gasteiger partial charge in [0.2, 0.25) is 0 Å². The second-order valence-corrected chi connectivity index (χ2v) is 23.3. The molecule has 78 heavy (non-hydrogen) atoms. The summed E-state index contributed by atoms with van der Waals surface area (Å²) in [6, 6.07) is 62.2. The Bertz CT molecular complexity index is 4580. The molecule has 5 nitrogen and oxygen atoms in total. The van der Waals surface area contributed by atoms with Crippen molar-refractivity contribution in [1.82, 2.24) is 14.1 Å². The number of aromatic nitrogens is 4. The summed E-state index contributed by atoms with van der Waals surface area (Å²) < 4.78 is 58.1. The Balaban J connectivity index is 0.00000680. The van der Waals surface area contributed by atoms with Gasteiger partial charge in [-0.25, -0.2) is 4.98 Å². The molecule has 0 N–H and O–H groups in total. The first kappa shape index (κ1) is 45.0. The number of imidazole rings is 1. The molecule has 1 aliphatic heterocycles. The van der Waals surface area contributed by atoms with E-state index >= 15 is 0 Å². The summed E-state index contributed by atoms with van der Waals surface area (Å²) in [5.41, 5.74) is 16.3. The molecule has 0 atom stereocenters. The molecule has 0 bridgehead atoms. The first-order valence-corrected chi connectivity index (χ1v) is 26.4. The third-order valence-corrected chi connectivity index (χ3v) is 15.1. The number of pyridine rings is 1. The fourth-order valence-corrected chi connectivity index (χ4v) is 11.0. The number of benzene rings is 9. The van der Waals surface area contributed by atoms with Crippen molar-refractivity contribution in [3.63, 3.8) is 0 Å².